The fraction of sp³-hybridized carbons (Fsp3) is 0.500. The highest BCUT2D eigenvalue weighted by molar-refractivity contribution is 5.53. The lowest BCUT2D eigenvalue weighted by atomic mass is 10.1. The minimum atomic E-state index is -1.05. The quantitative estimate of drug-likeness (QED) is 0.840. The Morgan fingerprint density at radius 2 is 2.11 bits per heavy atom. The number of likely N-dealkylation sites (N-methyl/N-ethyl adjacent to an activating group) is 1. The molecule has 2 rings (SSSR count). The van der Waals surface area contributed by atoms with Gasteiger partial charge in [0, 0.05) is 19.1 Å². The lowest BCUT2D eigenvalue weighted by Crippen LogP contribution is -2.38. The second-order valence-electron chi connectivity index (χ2n) is 5.12. The van der Waals surface area contributed by atoms with Crippen LogP contribution in [0, 0.1) is 23.0 Å². The van der Waals surface area contributed by atoms with Gasteiger partial charge in [0.05, 0.1) is 11.3 Å². The van der Waals surface area contributed by atoms with Crippen molar-refractivity contribution in [3.63, 3.8) is 0 Å². The van der Waals surface area contributed by atoms with Crippen LogP contribution in [0.15, 0.2) is 12.1 Å². The Morgan fingerprint density at radius 3 is 2.74 bits per heavy atom. The summed E-state index contributed by atoms with van der Waals surface area (Å²) in [6.07, 6.45) is 1.94. The van der Waals surface area contributed by atoms with Crippen LogP contribution in [0.4, 0.5) is 14.5 Å². The van der Waals surface area contributed by atoms with Crippen LogP contribution >= 0.6 is 0 Å². The Morgan fingerprint density at radius 1 is 1.37 bits per heavy atom. The molecule has 0 amide bonds. The Balaban J connectivity index is 2.31. The molecule has 1 fully saturated rings. The zero-order valence-electron chi connectivity index (χ0n) is 11.2. The summed E-state index contributed by atoms with van der Waals surface area (Å²) >= 11 is 0. The van der Waals surface area contributed by atoms with Crippen molar-refractivity contribution in [1.29, 1.82) is 5.26 Å². The molecular formula is C14H17F2N3. The SMILES string of the molecule is CN(C)CC1CCCN1c1ccc(C#N)c(F)c1F. The largest absolute Gasteiger partial charge is 0.365 e. The molecule has 1 saturated heterocycles. The summed E-state index contributed by atoms with van der Waals surface area (Å²) < 4.78 is 27.7. The van der Waals surface area contributed by atoms with Crippen molar-refractivity contribution in [3.8, 4) is 6.07 Å². The van der Waals surface area contributed by atoms with Crippen molar-refractivity contribution >= 4 is 5.69 Å². The Labute approximate surface area is 112 Å². The van der Waals surface area contributed by atoms with Gasteiger partial charge in [-0.2, -0.15) is 5.26 Å². The molecule has 5 heteroatoms. The van der Waals surface area contributed by atoms with Crippen LogP contribution in [-0.4, -0.2) is 38.1 Å². The lowest BCUT2D eigenvalue weighted by molar-refractivity contribution is 0.370. The molecule has 0 radical (unpaired) electrons. The van der Waals surface area contributed by atoms with E-state index in [-0.39, 0.29) is 17.3 Å². The van der Waals surface area contributed by atoms with E-state index in [1.165, 1.54) is 12.1 Å². The summed E-state index contributed by atoms with van der Waals surface area (Å²) in [4.78, 5) is 3.94. The third kappa shape index (κ3) is 2.69. The summed E-state index contributed by atoms with van der Waals surface area (Å²) in [5, 5.41) is 8.69. The van der Waals surface area contributed by atoms with Gasteiger partial charge in [-0.15, -0.1) is 0 Å². The topological polar surface area (TPSA) is 30.3 Å². The molecule has 0 aromatic heterocycles. The first kappa shape index (κ1) is 13.8. The van der Waals surface area contributed by atoms with Crippen LogP contribution in [0.1, 0.15) is 18.4 Å². The third-order valence-electron chi connectivity index (χ3n) is 3.44. The van der Waals surface area contributed by atoms with E-state index in [0.717, 1.165) is 25.9 Å². The second-order valence-corrected chi connectivity index (χ2v) is 5.12. The number of hydrogen-bond acceptors (Lipinski definition) is 3. The molecule has 0 bridgehead atoms. The summed E-state index contributed by atoms with van der Waals surface area (Å²) in [6.45, 7) is 1.53. The van der Waals surface area contributed by atoms with Gasteiger partial charge in [0.2, 0.25) is 0 Å². The average molecular weight is 265 g/mol. The minimum absolute atomic E-state index is 0.192. The maximum absolute atomic E-state index is 14.0. The van der Waals surface area contributed by atoms with Crippen LogP contribution in [0.5, 0.6) is 0 Å². The number of halogens is 2. The maximum atomic E-state index is 14.0. The van der Waals surface area contributed by atoms with E-state index in [4.69, 9.17) is 5.26 Å². The molecule has 1 aromatic carbocycles. The van der Waals surface area contributed by atoms with Gasteiger partial charge in [0.15, 0.2) is 11.6 Å². The zero-order valence-corrected chi connectivity index (χ0v) is 11.2. The van der Waals surface area contributed by atoms with Crippen molar-refractivity contribution in [2.45, 2.75) is 18.9 Å². The molecule has 0 aliphatic carbocycles. The maximum Gasteiger partial charge on any atom is 0.183 e. The summed E-state index contributed by atoms with van der Waals surface area (Å²) in [7, 11) is 3.93. The van der Waals surface area contributed by atoms with Crippen LogP contribution in [0.25, 0.3) is 0 Å². The van der Waals surface area contributed by atoms with Crippen LogP contribution < -0.4 is 4.90 Å². The normalized spacial score (nSPS) is 18.9. The first-order valence-corrected chi connectivity index (χ1v) is 6.34. The minimum Gasteiger partial charge on any atom is -0.365 e. The molecule has 1 aliphatic heterocycles. The van der Waals surface area contributed by atoms with E-state index >= 15 is 0 Å². The van der Waals surface area contributed by atoms with Gasteiger partial charge in [-0.1, -0.05) is 0 Å². The number of hydrogen-bond donors (Lipinski definition) is 0. The van der Waals surface area contributed by atoms with Crippen LogP contribution in [0.3, 0.4) is 0 Å². The number of nitriles is 1. The van der Waals surface area contributed by atoms with E-state index in [9.17, 15) is 8.78 Å². The van der Waals surface area contributed by atoms with Crippen molar-refractivity contribution in [3.05, 3.63) is 29.3 Å². The Kier molecular flexibility index (Phi) is 4.01. The second kappa shape index (κ2) is 5.54. The predicted octanol–water partition coefficient (Wildman–Crippen LogP) is 2.37. The standard InChI is InChI=1S/C14H17F2N3/c1-18(2)9-11-4-3-7-19(11)12-6-5-10(8-17)13(15)14(12)16/h5-6,11H,3-4,7,9H2,1-2H3. The molecule has 0 N–H and O–H groups in total. The molecule has 1 aliphatic rings. The van der Waals surface area contributed by atoms with E-state index in [2.05, 4.69) is 0 Å². The predicted molar refractivity (Wildman–Crippen MR) is 70.0 cm³/mol. The van der Waals surface area contributed by atoms with Gasteiger partial charge >= 0.3 is 0 Å². The third-order valence-corrected chi connectivity index (χ3v) is 3.44. The summed E-state index contributed by atoms with van der Waals surface area (Å²) in [6, 6.07) is 4.70. The number of nitrogens with zero attached hydrogens (tertiary/aromatic N) is 3. The Hall–Kier alpha value is -1.67. The fourth-order valence-corrected chi connectivity index (χ4v) is 2.61. The lowest BCUT2D eigenvalue weighted by Gasteiger charge is -2.29. The zero-order chi connectivity index (χ0) is 14.0. The molecule has 1 heterocycles. The van der Waals surface area contributed by atoms with Gasteiger partial charge < -0.3 is 9.80 Å². The first-order valence-electron chi connectivity index (χ1n) is 6.34. The van der Waals surface area contributed by atoms with Crippen molar-refractivity contribution in [1.82, 2.24) is 4.90 Å². The highest BCUT2D eigenvalue weighted by atomic mass is 19.2. The molecule has 0 saturated carbocycles. The summed E-state index contributed by atoms with van der Waals surface area (Å²) in [5.41, 5.74) is 0.0189. The van der Waals surface area contributed by atoms with Gasteiger partial charge in [-0.3, -0.25) is 0 Å². The molecule has 3 nitrogen and oxygen atoms in total. The summed E-state index contributed by atoms with van der Waals surface area (Å²) in [5.74, 6) is -1.96. The Bertz CT molecular complexity index is 508. The highest BCUT2D eigenvalue weighted by Crippen LogP contribution is 2.30. The van der Waals surface area contributed by atoms with E-state index in [1.54, 1.807) is 6.07 Å². The monoisotopic (exact) mass is 265 g/mol. The molecular weight excluding hydrogens is 248 g/mol. The van der Waals surface area contributed by atoms with Crippen molar-refractivity contribution in [2.75, 3.05) is 32.1 Å². The molecule has 102 valence electrons. The fourth-order valence-electron chi connectivity index (χ4n) is 2.61. The number of rotatable bonds is 3. The van der Waals surface area contributed by atoms with E-state index in [1.807, 2.05) is 23.9 Å². The molecule has 1 atom stereocenters. The molecule has 1 aromatic rings. The van der Waals surface area contributed by atoms with Crippen molar-refractivity contribution < 1.29 is 8.78 Å². The molecule has 19 heavy (non-hydrogen) atoms. The van der Waals surface area contributed by atoms with Gasteiger partial charge in [-0.05, 0) is 39.1 Å². The van der Waals surface area contributed by atoms with Crippen LogP contribution in [0.2, 0.25) is 0 Å². The van der Waals surface area contributed by atoms with Gasteiger partial charge in [0.1, 0.15) is 6.07 Å². The molecule has 1 unspecified atom stereocenters. The average Bonchev–Trinajstić information content (AvgIpc) is 2.80. The van der Waals surface area contributed by atoms with E-state index in [0.29, 0.717) is 0 Å². The smallest absolute Gasteiger partial charge is 0.183 e. The van der Waals surface area contributed by atoms with E-state index < -0.39 is 11.6 Å². The number of anilines is 1. The van der Waals surface area contributed by atoms with Crippen LogP contribution in [-0.2, 0) is 0 Å². The van der Waals surface area contributed by atoms with Gasteiger partial charge in [-0.25, -0.2) is 8.78 Å². The number of benzene rings is 1. The van der Waals surface area contributed by atoms with Gasteiger partial charge in [0.25, 0.3) is 0 Å². The highest BCUT2D eigenvalue weighted by Gasteiger charge is 2.28. The molecule has 0 spiro atoms. The van der Waals surface area contributed by atoms with Crippen molar-refractivity contribution in [2.24, 2.45) is 0 Å². The first-order chi connectivity index (χ1) is 9.04.